The van der Waals surface area contributed by atoms with Gasteiger partial charge in [0.2, 0.25) is 18.6 Å². The van der Waals surface area contributed by atoms with Gasteiger partial charge in [-0.3, -0.25) is 4.79 Å². The Morgan fingerprint density at radius 2 is 1.71 bits per heavy atom. The van der Waals surface area contributed by atoms with Gasteiger partial charge in [-0.25, -0.2) is 4.98 Å². The number of amides is 1. The monoisotopic (exact) mass is 414 g/mol. The standard InChI is InChI=1S/C24H22N4O3/c29-23(25-14-18-10-11-21-22(12-18)31-16-30-21)15-28-20-9-5-4-8-19(20)27-24(28)26-13-17-6-2-1-3-7-17/h1-12H,13-16H2,(H,25,29)(H,26,27). The first-order valence-corrected chi connectivity index (χ1v) is 10.1. The number of hydrogen-bond acceptors (Lipinski definition) is 5. The summed E-state index contributed by atoms with van der Waals surface area (Å²) >= 11 is 0. The Labute approximate surface area is 179 Å². The number of carbonyl (C=O) groups excluding carboxylic acids is 1. The van der Waals surface area contributed by atoms with Crippen molar-refractivity contribution < 1.29 is 14.3 Å². The smallest absolute Gasteiger partial charge is 0.240 e. The molecule has 1 amide bonds. The number of imidazole rings is 1. The van der Waals surface area contributed by atoms with Crippen molar-refractivity contribution in [2.75, 3.05) is 12.1 Å². The summed E-state index contributed by atoms with van der Waals surface area (Å²) in [5.74, 6) is 2.01. The molecule has 156 valence electrons. The Hall–Kier alpha value is -4.00. The Morgan fingerprint density at radius 3 is 2.61 bits per heavy atom. The maximum Gasteiger partial charge on any atom is 0.240 e. The fourth-order valence-electron chi connectivity index (χ4n) is 3.60. The number of aromatic nitrogens is 2. The number of anilines is 1. The molecule has 2 heterocycles. The van der Waals surface area contributed by atoms with Crippen molar-refractivity contribution >= 4 is 22.9 Å². The minimum Gasteiger partial charge on any atom is -0.454 e. The van der Waals surface area contributed by atoms with Crippen LogP contribution in [0.5, 0.6) is 11.5 Å². The molecule has 2 N–H and O–H groups in total. The van der Waals surface area contributed by atoms with Crippen LogP contribution in [0, 0.1) is 0 Å². The molecule has 7 heteroatoms. The summed E-state index contributed by atoms with van der Waals surface area (Å²) in [5.41, 5.74) is 3.86. The maximum absolute atomic E-state index is 12.7. The summed E-state index contributed by atoms with van der Waals surface area (Å²) in [6.45, 7) is 1.44. The molecule has 31 heavy (non-hydrogen) atoms. The third kappa shape index (κ3) is 4.16. The number of carbonyl (C=O) groups is 1. The van der Waals surface area contributed by atoms with Crippen LogP contribution in [0.3, 0.4) is 0 Å². The Balaban J connectivity index is 1.29. The normalized spacial score (nSPS) is 12.1. The van der Waals surface area contributed by atoms with E-state index in [2.05, 4.69) is 27.8 Å². The zero-order valence-electron chi connectivity index (χ0n) is 16.9. The van der Waals surface area contributed by atoms with E-state index in [9.17, 15) is 4.79 Å². The molecule has 1 aromatic heterocycles. The zero-order valence-corrected chi connectivity index (χ0v) is 16.9. The lowest BCUT2D eigenvalue weighted by atomic mass is 10.2. The number of rotatable bonds is 7. The van der Waals surface area contributed by atoms with E-state index in [4.69, 9.17) is 9.47 Å². The first-order chi connectivity index (χ1) is 15.3. The van der Waals surface area contributed by atoms with E-state index in [1.165, 1.54) is 0 Å². The average molecular weight is 414 g/mol. The average Bonchev–Trinajstić information content (AvgIpc) is 3.41. The molecule has 0 atom stereocenters. The van der Waals surface area contributed by atoms with E-state index < -0.39 is 0 Å². The van der Waals surface area contributed by atoms with Gasteiger partial charge in [0.05, 0.1) is 11.0 Å². The van der Waals surface area contributed by atoms with Gasteiger partial charge in [0, 0.05) is 13.1 Å². The summed E-state index contributed by atoms with van der Waals surface area (Å²) in [4.78, 5) is 17.4. The van der Waals surface area contributed by atoms with E-state index in [1.54, 1.807) is 0 Å². The molecule has 0 fully saturated rings. The molecular weight excluding hydrogens is 392 g/mol. The largest absolute Gasteiger partial charge is 0.454 e. The van der Waals surface area contributed by atoms with Crippen LogP contribution in [-0.2, 0) is 24.4 Å². The van der Waals surface area contributed by atoms with E-state index >= 15 is 0 Å². The van der Waals surface area contributed by atoms with Crippen LogP contribution in [0.15, 0.2) is 72.8 Å². The molecule has 0 radical (unpaired) electrons. The van der Waals surface area contributed by atoms with Crippen molar-refractivity contribution in [1.82, 2.24) is 14.9 Å². The third-order valence-electron chi connectivity index (χ3n) is 5.18. The molecule has 0 saturated heterocycles. The molecule has 0 unspecified atom stereocenters. The Bertz CT molecular complexity index is 1220. The Kier molecular flexibility index (Phi) is 5.14. The van der Waals surface area contributed by atoms with Crippen molar-refractivity contribution in [3.05, 3.63) is 83.9 Å². The number of nitrogens with zero attached hydrogens (tertiary/aromatic N) is 2. The molecular formula is C24H22N4O3. The molecule has 7 nitrogen and oxygen atoms in total. The number of fused-ring (bicyclic) bond motifs is 2. The van der Waals surface area contributed by atoms with Gasteiger partial charge in [-0.05, 0) is 35.4 Å². The highest BCUT2D eigenvalue weighted by molar-refractivity contribution is 5.83. The summed E-state index contributed by atoms with van der Waals surface area (Å²) in [5, 5.41) is 6.35. The van der Waals surface area contributed by atoms with Gasteiger partial charge in [-0.1, -0.05) is 48.5 Å². The van der Waals surface area contributed by atoms with Gasteiger partial charge in [-0.2, -0.15) is 0 Å². The molecule has 0 aliphatic carbocycles. The number of nitrogens with one attached hydrogen (secondary N) is 2. The summed E-state index contributed by atoms with van der Waals surface area (Å²) in [7, 11) is 0. The number of para-hydroxylation sites is 2. The van der Waals surface area contributed by atoms with Crippen LogP contribution >= 0.6 is 0 Å². The molecule has 0 bridgehead atoms. The Morgan fingerprint density at radius 1 is 0.903 bits per heavy atom. The van der Waals surface area contributed by atoms with Gasteiger partial charge in [0.15, 0.2) is 11.5 Å². The van der Waals surface area contributed by atoms with Gasteiger partial charge < -0.3 is 24.7 Å². The lowest BCUT2D eigenvalue weighted by Crippen LogP contribution is -2.27. The lowest BCUT2D eigenvalue weighted by molar-refractivity contribution is -0.121. The van der Waals surface area contributed by atoms with E-state index in [0.717, 1.165) is 27.9 Å². The second kappa shape index (κ2) is 8.39. The van der Waals surface area contributed by atoms with Crippen LogP contribution in [0.25, 0.3) is 11.0 Å². The second-order valence-corrected chi connectivity index (χ2v) is 7.31. The van der Waals surface area contributed by atoms with E-state index in [0.29, 0.717) is 24.8 Å². The predicted molar refractivity (Wildman–Crippen MR) is 118 cm³/mol. The van der Waals surface area contributed by atoms with Crippen LogP contribution in [0.2, 0.25) is 0 Å². The lowest BCUT2D eigenvalue weighted by Gasteiger charge is -2.12. The highest BCUT2D eigenvalue weighted by atomic mass is 16.7. The van der Waals surface area contributed by atoms with Gasteiger partial charge in [0.1, 0.15) is 6.54 Å². The molecule has 4 aromatic rings. The molecule has 5 rings (SSSR count). The quantitative estimate of drug-likeness (QED) is 0.482. The highest BCUT2D eigenvalue weighted by Gasteiger charge is 2.15. The first kappa shape index (κ1) is 19.0. The zero-order chi connectivity index (χ0) is 21.0. The number of hydrogen-bond donors (Lipinski definition) is 2. The van der Waals surface area contributed by atoms with Crippen molar-refractivity contribution in [3.8, 4) is 11.5 Å². The van der Waals surface area contributed by atoms with Crippen molar-refractivity contribution in [1.29, 1.82) is 0 Å². The van der Waals surface area contributed by atoms with Crippen LogP contribution in [0.1, 0.15) is 11.1 Å². The third-order valence-corrected chi connectivity index (χ3v) is 5.18. The summed E-state index contributed by atoms with van der Waals surface area (Å²) in [6.07, 6.45) is 0. The minimum atomic E-state index is -0.0939. The molecule has 0 spiro atoms. The van der Waals surface area contributed by atoms with Crippen molar-refractivity contribution in [2.45, 2.75) is 19.6 Å². The second-order valence-electron chi connectivity index (χ2n) is 7.31. The fraction of sp³-hybridized carbons (Fsp3) is 0.167. The molecule has 1 aliphatic rings. The SMILES string of the molecule is O=C(Cn1c(NCc2ccccc2)nc2ccccc21)NCc1ccc2c(c1)OCO2. The molecule has 3 aromatic carbocycles. The van der Waals surface area contributed by atoms with Crippen LogP contribution in [0.4, 0.5) is 5.95 Å². The molecule has 0 saturated carbocycles. The topological polar surface area (TPSA) is 77.4 Å². The first-order valence-electron chi connectivity index (χ1n) is 10.1. The van der Waals surface area contributed by atoms with Crippen LogP contribution < -0.4 is 20.1 Å². The van der Waals surface area contributed by atoms with Crippen LogP contribution in [-0.4, -0.2) is 22.3 Å². The number of ether oxygens (including phenoxy) is 2. The van der Waals surface area contributed by atoms with E-state index in [-0.39, 0.29) is 19.2 Å². The highest BCUT2D eigenvalue weighted by Crippen LogP contribution is 2.32. The van der Waals surface area contributed by atoms with Gasteiger partial charge in [-0.15, -0.1) is 0 Å². The predicted octanol–water partition coefficient (Wildman–Crippen LogP) is 3.69. The minimum absolute atomic E-state index is 0.0939. The summed E-state index contributed by atoms with van der Waals surface area (Å²) in [6, 6.07) is 23.6. The van der Waals surface area contributed by atoms with E-state index in [1.807, 2.05) is 65.2 Å². The maximum atomic E-state index is 12.7. The van der Waals surface area contributed by atoms with Crippen molar-refractivity contribution in [3.63, 3.8) is 0 Å². The van der Waals surface area contributed by atoms with Gasteiger partial charge in [0.25, 0.3) is 0 Å². The molecule has 1 aliphatic heterocycles. The number of benzene rings is 3. The fourth-order valence-corrected chi connectivity index (χ4v) is 3.60. The van der Waals surface area contributed by atoms with Crippen molar-refractivity contribution in [2.24, 2.45) is 0 Å². The summed E-state index contributed by atoms with van der Waals surface area (Å²) < 4.78 is 12.6. The van der Waals surface area contributed by atoms with Gasteiger partial charge >= 0.3 is 0 Å².